The lowest BCUT2D eigenvalue weighted by molar-refractivity contribution is -0.109. The van der Waals surface area contributed by atoms with E-state index in [1.807, 2.05) is 42.5 Å². The molecule has 0 amide bonds. The van der Waals surface area contributed by atoms with Crippen LogP contribution in [0.4, 0.5) is 11.4 Å². The van der Waals surface area contributed by atoms with E-state index >= 15 is 0 Å². The summed E-state index contributed by atoms with van der Waals surface area (Å²) < 4.78 is 0. The normalized spacial score (nSPS) is 13.4. The number of nitrogens with one attached hydrogen (secondary N) is 1. The second kappa shape index (κ2) is 7.98. The molecule has 5 heteroatoms. The minimum atomic E-state index is -1.02. The molecule has 0 radical (unpaired) electrons. The lowest BCUT2D eigenvalue weighted by Crippen LogP contribution is -2.21. The fourth-order valence-electron chi connectivity index (χ4n) is 2.00. The molecule has 0 aliphatic carbocycles. The van der Waals surface area contributed by atoms with Crippen LogP contribution >= 0.6 is 11.8 Å². The molecule has 2 rings (SSSR count). The molecule has 0 bridgehead atoms. The van der Waals surface area contributed by atoms with Gasteiger partial charge in [0.1, 0.15) is 6.10 Å². The maximum atomic E-state index is 10.9. The van der Waals surface area contributed by atoms with Crippen LogP contribution in [-0.4, -0.2) is 27.2 Å². The first kappa shape index (κ1) is 16.5. The van der Waals surface area contributed by atoms with Gasteiger partial charge in [-0.25, -0.2) is 0 Å². The molecule has 0 saturated carbocycles. The molecule has 3 N–H and O–H groups in total. The van der Waals surface area contributed by atoms with Gasteiger partial charge in [-0.1, -0.05) is 42.1 Å². The Morgan fingerprint density at radius 2 is 1.77 bits per heavy atom. The van der Waals surface area contributed by atoms with Gasteiger partial charge in [-0.3, -0.25) is 4.79 Å². The fraction of sp³-hybridized carbons (Fsp3) is 0.235. The smallest absolute Gasteiger partial charge is 0.185 e. The first-order valence-electron chi connectivity index (χ1n) is 6.98. The van der Waals surface area contributed by atoms with E-state index in [9.17, 15) is 15.0 Å². The van der Waals surface area contributed by atoms with Gasteiger partial charge >= 0.3 is 0 Å². The average Bonchev–Trinajstić information content (AvgIpc) is 2.53. The van der Waals surface area contributed by atoms with Gasteiger partial charge in [0.05, 0.1) is 6.10 Å². The van der Waals surface area contributed by atoms with Gasteiger partial charge in [-0.15, -0.1) is 0 Å². The summed E-state index contributed by atoms with van der Waals surface area (Å²) >= 11 is 1.00. The Balaban J connectivity index is 2.05. The lowest BCUT2D eigenvalue weighted by Gasteiger charge is -2.18. The largest absolute Gasteiger partial charge is 0.389 e. The summed E-state index contributed by atoms with van der Waals surface area (Å²) in [4.78, 5) is 10.9. The van der Waals surface area contributed by atoms with Gasteiger partial charge in [0, 0.05) is 24.1 Å². The zero-order valence-electron chi connectivity index (χ0n) is 12.3. The molecular formula is C17H19NO3S. The highest BCUT2D eigenvalue weighted by Crippen LogP contribution is 2.24. The third kappa shape index (κ3) is 4.87. The molecule has 2 unspecified atom stereocenters. The molecule has 0 aromatic heterocycles. The number of para-hydroxylation sites is 1. The van der Waals surface area contributed by atoms with E-state index in [4.69, 9.17) is 0 Å². The van der Waals surface area contributed by atoms with Crippen LogP contribution in [0.25, 0.3) is 0 Å². The minimum Gasteiger partial charge on any atom is -0.389 e. The van der Waals surface area contributed by atoms with E-state index in [0.717, 1.165) is 23.1 Å². The molecule has 2 aromatic rings. The number of carbonyl (C=O) groups excluding carboxylic acids is 1. The van der Waals surface area contributed by atoms with Crippen molar-refractivity contribution in [1.29, 1.82) is 0 Å². The molecule has 116 valence electrons. The average molecular weight is 317 g/mol. The molecular weight excluding hydrogens is 298 g/mol. The van der Waals surface area contributed by atoms with E-state index in [0.29, 0.717) is 5.56 Å². The molecule has 0 fully saturated rings. The zero-order chi connectivity index (χ0) is 15.9. The predicted molar refractivity (Wildman–Crippen MR) is 90.3 cm³/mol. The van der Waals surface area contributed by atoms with Crippen molar-refractivity contribution in [3.63, 3.8) is 0 Å². The SMILES string of the molecule is CC(=O)SCC(O)C(O)c1cccc(Nc2ccccc2)c1. The number of anilines is 2. The second-order valence-electron chi connectivity index (χ2n) is 4.93. The second-order valence-corrected chi connectivity index (χ2v) is 6.13. The number of aliphatic hydroxyl groups excluding tert-OH is 2. The van der Waals surface area contributed by atoms with Crippen LogP contribution in [0.15, 0.2) is 54.6 Å². The fourth-order valence-corrected chi connectivity index (χ4v) is 2.59. The number of aliphatic hydroxyl groups is 2. The highest BCUT2D eigenvalue weighted by molar-refractivity contribution is 8.13. The quantitative estimate of drug-likeness (QED) is 0.764. The number of rotatable bonds is 6. The third-order valence-corrected chi connectivity index (χ3v) is 4.03. The first-order valence-corrected chi connectivity index (χ1v) is 7.96. The van der Waals surface area contributed by atoms with Crippen molar-refractivity contribution in [3.8, 4) is 0 Å². The van der Waals surface area contributed by atoms with Crippen molar-refractivity contribution in [1.82, 2.24) is 0 Å². The summed E-state index contributed by atoms with van der Waals surface area (Å²) in [6, 6.07) is 16.9. The van der Waals surface area contributed by atoms with E-state index in [1.54, 1.807) is 12.1 Å². The number of hydrogen-bond donors (Lipinski definition) is 3. The van der Waals surface area contributed by atoms with Gasteiger partial charge < -0.3 is 15.5 Å². The Labute approximate surface area is 134 Å². The van der Waals surface area contributed by atoms with Crippen LogP contribution < -0.4 is 5.32 Å². The number of benzene rings is 2. The monoisotopic (exact) mass is 317 g/mol. The molecule has 0 aliphatic heterocycles. The topological polar surface area (TPSA) is 69.6 Å². The molecule has 2 aromatic carbocycles. The molecule has 0 saturated heterocycles. The molecule has 2 atom stereocenters. The molecule has 0 heterocycles. The molecule has 0 spiro atoms. The molecule has 22 heavy (non-hydrogen) atoms. The summed E-state index contributed by atoms with van der Waals surface area (Å²) in [5.74, 6) is 0.173. The van der Waals surface area contributed by atoms with Crippen molar-refractivity contribution in [2.75, 3.05) is 11.1 Å². The molecule has 4 nitrogen and oxygen atoms in total. The highest BCUT2D eigenvalue weighted by atomic mass is 32.2. The van der Waals surface area contributed by atoms with Crippen molar-refractivity contribution in [2.45, 2.75) is 19.1 Å². The van der Waals surface area contributed by atoms with Crippen LogP contribution in [0.3, 0.4) is 0 Å². The van der Waals surface area contributed by atoms with E-state index in [2.05, 4.69) is 5.32 Å². The van der Waals surface area contributed by atoms with Crippen molar-refractivity contribution in [3.05, 3.63) is 60.2 Å². The summed E-state index contributed by atoms with van der Waals surface area (Å²) in [6.45, 7) is 1.44. The van der Waals surface area contributed by atoms with E-state index in [-0.39, 0.29) is 10.9 Å². The van der Waals surface area contributed by atoms with Crippen LogP contribution in [0, 0.1) is 0 Å². The Morgan fingerprint density at radius 3 is 2.45 bits per heavy atom. The van der Waals surface area contributed by atoms with Crippen LogP contribution in [-0.2, 0) is 4.79 Å². The van der Waals surface area contributed by atoms with Crippen molar-refractivity contribution in [2.24, 2.45) is 0 Å². The minimum absolute atomic E-state index is 0.0780. The Bertz CT molecular complexity index is 618. The van der Waals surface area contributed by atoms with Crippen LogP contribution in [0.1, 0.15) is 18.6 Å². The number of hydrogen-bond acceptors (Lipinski definition) is 5. The number of thioether (sulfide) groups is 1. The lowest BCUT2D eigenvalue weighted by atomic mass is 10.0. The predicted octanol–water partition coefficient (Wildman–Crippen LogP) is 3.10. The maximum absolute atomic E-state index is 10.9. The van der Waals surface area contributed by atoms with Crippen molar-refractivity contribution < 1.29 is 15.0 Å². The summed E-state index contributed by atoms with van der Waals surface area (Å²) in [5.41, 5.74) is 2.38. The van der Waals surface area contributed by atoms with Gasteiger partial charge in [0.2, 0.25) is 0 Å². The molecule has 0 aliphatic rings. The summed E-state index contributed by atoms with van der Waals surface area (Å²) in [7, 11) is 0. The maximum Gasteiger partial charge on any atom is 0.185 e. The Kier molecular flexibility index (Phi) is 6.00. The van der Waals surface area contributed by atoms with Gasteiger partial charge in [-0.2, -0.15) is 0 Å². The zero-order valence-corrected chi connectivity index (χ0v) is 13.1. The highest BCUT2D eigenvalue weighted by Gasteiger charge is 2.19. The Morgan fingerprint density at radius 1 is 1.09 bits per heavy atom. The number of carbonyl (C=O) groups is 1. The first-order chi connectivity index (χ1) is 10.6. The van der Waals surface area contributed by atoms with Crippen LogP contribution in [0.2, 0.25) is 0 Å². The summed E-state index contributed by atoms with van der Waals surface area (Å²) in [6.07, 6.45) is -2.01. The van der Waals surface area contributed by atoms with Gasteiger partial charge in [-0.05, 0) is 29.8 Å². The third-order valence-electron chi connectivity index (χ3n) is 3.11. The standard InChI is InChI=1S/C17H19NO3S/c1-12(19)22-11-16(20)17(21)13-6-5-9-15(10-13)18-14-7-3-2-4-8-14/h2-10,16-18,20-21H,11H2,1H3. The summed E-state index contributed by atoms with van der Waals surface area (Å²) in [5, 5.41) is 23.3. The van der Waals surface area contributed by atoms with E-state index in [1.165, 1.54) is 6.92 Å². The van der Waals surface area contributed by atoms with E-state index < -0.39 is 12.2 Å². The van der Waals surface area contributed by atoms with Crippen LogP contribution in [0.5, 0.6) is 0 Å². The van der Waals surface area contributed by atoms with Gasteiger partial charge in [0.25, 0.3) is 0 Å². The van der Waals surface area contributed by atoms with Gasteiger partial charge in [0.15, 0.2) is 5.12 Å². The van der Waals surface area contributed by atoms with Crippen molar-refractivity contribution >= 4 is 28.3 Å². The Hall–Kier alpha value is -1.82.